The second-order valence-corrected chi connectivity index (χ2v) is 10.8. The van der Waals surface area contributed by atoms with Gasteiger partial charge in [0.25, 0.3) is 0 Å². The van der Waals surface area contributed by atoms with Crippen molar-refractivity contribution in [2.24, 2.45) is 0 Å². The molecule has 0 fully saturated rings. The lowest BCUT2D eigenvalue weighted by Gasteiger charge is -2.35. The summed E-state index contributed by atoms with van der Waals surface area (Å²) in [6.45, 7) is 13.1. The molecular formula is C13H23NO4Si. The Bertz CT molecular complexity index is 434. The van der Waals surface area contributed by atoms with Crippen LogP contribution in [0, 0.1) is 0 Å². The maximum Gasteiger partial charge on any atom is 0.343 e. The van der Waals surface area contributed by atoms with Gasteiger partial charge in [0, 0.05) is 0 Å². The fraction of sp³-hybridized carbons (Fsp3) is 0.692. The van der Waals surface area contributed by atoms with E-state index in [-0.39, 0.29) is 11.6 Å². The van der Waals surface area contributed by atoms with Crippen LogP contribution in [-0.4, -0.2) is 26.1 Å². The summed E-state index contributed by atoms with van der Waals surface area (Å²) < 4.78 is 15.8. The van der Waals surface area contributed by atoms with Gasteiger partial charge < -0.3 is 13.7 Å². The summed E-state index contributed by atoms with van der Waals surface area (Å²) in [5, 5.41) is 3.94. The van der Waals surface area contributed by atoms with Crippen molar-refractivity contribution in [1.82, 2.24) is 5.16 Å². The van der Waals surface area contributed by atoms with E-state index < -0.39 is 14.3 Å². The zero-order chi connectivity index (χ0) is 14.7. The molecule has 1 heterocycles. The van der Waals surface area contributed by atoms with Crippen LogP contribution in [0.5, 0.6) is 0 Å². The molecule has 0 atom stereocenters. The van der Waals surface area contributed by atoms with Crippen molar-refractivity contribution < 1.29 is 18.5 Å². The standard InChI is InChI=1S/C13H23NO4Si/c1-7-16-12(15)10-8-17-14-11(10)9-18-19(5,6)13(2,3)4/h8H,7,9H2,1-6H3. The van der Waals surface area contributed by atoms with E-state index in [1.54, 1.807) is 6.92 Å². The molecule has 0 N–H and O–H groups in total. The van der Waals surface area contributed by atoms with Gasteiger partial charge in [-0.2, -0.15) is 0 Å². The van der Waals surface area contributed by atoms with E-state index in [4.69, 9.17) is 13.7 Å². The fourth-order valence-electron chi connectivity index (χ4n) is 1.20. The average Bonchev–Trinajstić information content (AvgIpc) is 2.73. The molecule has 0 radical (unpaired) electrons. The maximum atomic E-state index is 11.7. The molecule has 108 valence electrons. The summed E-state index contributed by atoms with van der Waals surface area (Å²) in [5.41, 5.74) is 0.851. The number of ether oxygens (including phenoxy) is 1. The largest absolute Gasteiger partial charge is 0.462 e. The van der Waals surface area contributed by atoms with Crippen molar-refractivity contribution >= 4 is 14.3 Å². The molecule has 0 aliphatic rings. The van der Waals surface area contributed by atoms with Gasteiger partial charge in [-0.25, -0.2) is 4.79 Å². The third kappa shape index (κ3) is 3.91. The van der Waals surface area contributed by atoms with Crippen LogP contribution in [0.1, 0.15) is 43.7 Å². The molecule has 19 heavy (non-hydrogen) atoms. The van der Waals surface area contributed by atoms with Crippen LogP contribution in [0.3, 0.4) is 0 Å². The first-order valence-electron chi connectivity index (χ1n) is 6.43. The molecule has 0 spiro atoms. The monoisotopic (exact) mass is 285 g/mol. The molecule has 0 amide bonds. The molecule has 0 saturated heterocycles. The fourth-order valence-corrected chi connectivity index (χ4v) is 2.13. The average molecular weight is 285 g/mol. The Hall–Kier alpha value is -1.14. The van der Waals surface area contributed by atoms with Crippen molar-refractivity contribution in [1.29, 1.82) is 0 Å². The number of hydrogen-bond acceptors (Lipinski definition) is 5. The van der Waals surface area contributed by atoms with Crippen LogP contribution in [0.15, 0.2) is 10.8 Å². The minimum absolute atomic E-state index is 0.112. The summed E-state index contributed by atoms with van der Waals surface area (Å²) in [6, 6.07) is 0. The van der Waals surface area contributed by atoms with E-state index >= 15 is 0 Å². The SMILES string of the molecule is CCOC(=O)c1conc1CO[Si](C)(C)C(C)(C)C. The Morgan fingerprint density at radius 3 is 2.58 bits per heavy atom. The molecule has 1 aromatic heterocycles. The van der Waals surface area contributed by atoms with Crippen molar-refractivity contribution in [2.75, 3.05) is 6.61 Å². The molecule has 0 saturated carbocycles. The number of hydrogen-bond donors (Lipinski definition) is 0. The molecule has 1 rings (SSSR count). The van der Waals surface area contributed by atoms with E-state index in [1.165, 1.54) is 6.26 Å². The zero-order valence-corrected chi connectivity index (χ0v) is 13.6. The third-order valence-electron chi connectivity index (χ3n) is 3.52. The summed E-state index contributed by atoms with van der Waals surface area (Å²) in [5.74, 6) is -0.419. The van der Waals surface area contributed by atoms with Gasteiger partial charge >= 0.3 is 5.97 Å². The highest BCUT2D eigenvalue weighted by atomic mass is 28.4. The predicted octanol–water partition coefficient (Wildman–Crippen LogP) is 3.37. The Balaban J connectivity index is 2.75. The first-order valence-corrected chi connectivity index (χ1v) is 9.34. The van der Waals surface area contributed by atoms with Gasteiger partial charge in [0.2, 0.25) is 0 Å². The molecular weight excluding hydrogens is 262 g/mol. The van der Waals surface area contributed by atoms with Crippen molar-refractivity contribution in [3.63, 3.8) is 0 Å². The van der Waals surface area contributed by atoms with Crippen LogP contribution < -0.4 is 0 Å². The normalized spacial score (nSPS) is 12.5. The quantitative estimate of drug-likeness (QED) is 0.613. The van der Waals surface area contributed by atoms with Crippen LogP contribution >= 0.6 is 0 Å². The second-order valence-electron chi connectivity index (χ2n) is 5.94. The van der Waals surface area contributed by atoms with E-state index in [9.17, 15) is 4.79 Å². The Labute approximate surface area is 115 Å². The summed E-state index contributed by atoms with van der Waals surface area (Å²) in [4.78, 5) is 11.7. The lowest BCUT2D eigenvalue weighted by molar-refractivity contribution is 0.0522. The van der Waals surface area contributed by atoms with Gasteiger partial charge in [-0.3, -0.25) is 0 Å². The number of aromatic nitrogens is 1. The highest BCUT2D eigenvalue weighted by Crippen LogP contribution is 2.37. The molecule has 0 aliphatic carbocycles. The van der Waals surface area contributed by atoms with Crippen LogP contribution in [0.4, 0.5) is 0 Å². The molecule has 0 aliphatic heterocycles. The number of nitrogens with zero attached hydrogens (tertiary/aromatic N) is 1. The Kier molecular flexibility index (Phi) is 4.92. The van der Waals surface area contributed by atoms with Gasteiger partial charge in [-0.15, -0.1) is 0 Å². The van der Waals surface area contributed by atoms with Crippen LogP contribution in [0.2, 0.25) is 18.1 Å². The lowest BCUT2D eigenvalue weighted by atomic mass is 10.2. The number of esters is 1. The smallest absolute Gasteiger partial charge is 0.343 e. The van der Waals surface area contributed by atoms with Crippen molar-refractivity contribution in [3.05, 3.63) is 17.5 Å². The molecule has 0 unspecified atom stereocenters. The number of rotatable bonds is 5. The first kappa shape index (κ1) is 15.9. The predicted molar refractivity (Wildman–Crippen MR) is 74.4 cm³/mol. The van der Waals surface area contributed by atoms with Gasteiger partial charge in [-0.1, -0.05) is 25.9 Å². The highest BCUT2D eigenvalue weighted by Gasteiger charge is 2.37. The van der Waals surface area contributed by atoms with E-state index in [1.807, 2.05) is 0 Å². The minimum atomic E-state index is -1.87. The van der Waals surface area contributed by atoms with Gasteiger partial charge in [0.1, 0.15) is 17.5 Å². The third-order valence-corrected chi connectivity index (χ3v) is 7.99. The van der Waals surface area contributed by atoms with Crippen LogP contribution in [-0.2, 0) is 15.8 Å². The minimum Gasteiger partial charge on any atom is -0.462 e. The molecule has 5 nitrogen and oxygen atoms in total. The number of carbonyl (C=O) groups is 1. The van der Waals surface area contributed by atoms with Crippen molar-refractivity contribution in [2.45, 2.75) is 52.4 Å². The van der Waals surface area contributed by atoms with E-state index in [2.05, 4.69) is 39.0 Å². The summed E-state index contributed by atoms with van der Waals surface area (Å²) >= 11 is 0. The first-order chi connectivity index (χ1) is 8.69. The van der Waals surface area contributed by atoms with Gasteiger partial charge in [0.05, 0.1) is 13.2 Å². The Morgan fingerprint density at radius 1 is 1.42 bits per heavy atom. The number of carbonyl (C=O) groups excluding carboxylic acids is 1. The lowest BCUT2D eigenvalue weighted by Crippen LogP contribution is -2.40. The zero-order valence-electron chi connectivity index (χ0n) is 12.6. The maximum absolute atomic E-state index is 11.7. The molecule has 0 bridgehead atoms. The molecule has 0 aromatic carbocycles. The highest BCUT2D eigenvalue weighted by molar-refractivity contribution is 6.74. The molecule has 1 aromatic rings. The van der Waals surface area contributed by atoms with Crippen LogP contribution in [0.25, 0.3) is 0 Å². The summed E-state index contributed by atoms with van der Waals surface area (Å²) in [6.07, 6.45) is 1.31. The van der Waals surface area contributed by atoms with Gasteiger partial charge in [0.15, 0.2) is 8.32 Å². The van der Waals surface area contributed by atoms with Crippen molar-refractivity contribution in [3.8, 4) is 0 Å². The van der Waals surface area contributed by atoms with Gasteiger partial charge in [-0.05, 0) is 25.1 Å². The van der Waals surface area contributed by atoms with E-state index in [0.717, 1.165) is 0 Å². The summed E-state index contributed by atoms with van der Waals surface area (Å²) in [7, 11) is -1.87. The van der Waals surface area contributed by atoms with E-state index in [0.29, 0.717) is 17.9 Å². The molecule has 6 heteroatoms. The Morgan fingerprint density at radius 2 is 2.05 bits per heavy atom. The second kappa shape index (κ2) is 5.88. The topological polar surface area (TPSA) is 61.6 Å².